The van der Waals surface area contributed by atoms with Crippen LogP contribution in [0.15, 0.2) is 30.5 Å². The molecule has 0 bridgehead atoms. The fourth-order valence-electron chi connectivity index (χ4n) is 1.26. The normalized spacial score (nSPS) is 10.4. The Kier molecular flexibility index (Phi) is 1.88. The van der Waals surface area contributed by atoms with Crippen molar-refractivity contribution in [3.63, 3.8) is 0 Å². The van der Waals surface area contributed by atoms with Gasteiger partial charge in [-0.2, -0.15) is 0 Å². The summed E-state index contributed by atoms with van der Waals surface area (Å²) < 4.78 is 0.0813. The summed E-state index contributed by atoms with van der Waals surface area (Å²) >= 11 is 1.80. The van der Waals surface area contributed by atoms with Crippen LogP contribution in [0.25, 0.3) is 10.9 Å². The van der Waals surface area contributed by atoms with Crippen molar-refractivity contribution < 1.29 is 4.79 Å². The molecule has 60 valence electrons. The number of aromatic amines is 1. The van der Waals surface area contributed by atoms with Crippen LogP contribution in [0.5, 0.6) is 0 Å². The smallest absolute Gasteiger partial charge is 0.223 e. The maximum absolute atomic E-state index is 11.1. The lowest BCUT2D eigenvalue weighted by Crippen LogP contribution is -1.87. The Balaban J connectivity index is 2.82. The minimum Gasteiger partial charge on any atom is -0.361 e. The zero-order valence-corrected chi connectivity index (χ0v) is 8.33. The highest BCUT2D eigenvalue weighted by atomic mass is 127. The number of rotatable bonds is 1. The van der Waals surface area contributed by atoms with E-state index in [0.717, 1.165) is 16.5 Å². The zero-order valence-electron chi connectivity index (χ0n) is 6.17. The maximum Gasteiger partial charge on any atom is 0.223 e. The molecule has 0 radical (unpaired) electrons. The number of carbonyl (C=O) groups excluding carboxylic acids is 1. The van der Waals surface area contributed by atoms with E-state index < -0.39 is 0 Å². The van der Waals surface area contributed by atoms with Gasteiger partial charge >= 0.3 is 0 Å². The summed E-state index contributed by atoms with van der Waals surface area (Å²) in [5.74, 6) is 0. The number of carbonyl (C=O) groups is 1. The third-order valence-electron chi connectivity index (χ3n) is 1.81. The number of nitrogens with one attached hydrogen (secondary N) is 1. The Bertz CT molecular complexity index is 433. The van der Waals surface area contributed by atoms with Gasteiger partial charge in [0, 0.05) is 45.3 Å². The molecular weight excluding hydrogens is 265 g/mol. The van der Waals surface area contributed by atoms with E-state index in [1.807, 2.05) is 30.5 Å². The molecule has 0 saturated heterocycles. The molecule has 2 aromatic rings. The second-order valence-corrected chi connectivity index (χ2v) is 3.50. The molecule has 0 unspecified atom stereocenters. The third kappa shape index (κ3) is 1.14. The molecule has 0 aliphatic heterocycles. The number of hydrogen-bond donors (Lipinski definition) is 1. The Morgan fingerprint density at radius 1 is 1.33 bits per heavy atom. The summed E-state index contributed by atoms with van der Waals surface area (Å²) in [6.45, 7) is 0. The quantitative estimate of drug-likeness (QED) is 0.627. The average molecular weight is 271 g/mol. The summed E-state index contributed by atoms with van der Waals surface area (Å²) in [4.78, 5) is 14.2. The van der Waals surface area contributed by atoms with E-state index in [-0.39, 0.29) is 3.79 Å². The standard InChI is InChI=1S/C9H6INO/c10-9(12)7-2-1-3-8-6(7)4-5-11-8/h1-5,11H. The van der Waals surface area contributed by atoms with Gasteiger partial charge in [0.25, 0.3) is 0 Å². The van der Waals surface area contributed by atoms with Crippen LogP contribution in [0, 0.1) is 0 Å². The first-order valence-corrected chi connectivity index (χ1v) is 4.63. The third-order valence-corrected chi connectivity index (χ3v) is 2.39. The van der Waals surface area contributed by atoms with Crippen molar-refractivity contribution in [3.05, 3.63) is 36.0 Å². The molecule has 1 N–H and O–H groups in total. The van der Waals surface area contributed by atoms with E-state index in [2.05, 4.69) is 4.98 Å². The van der Waals surface area contributed by atoms with Gasteiger partial charge < -0.3 is 4.98 Å². The average Bonchev–Trinajstić information content (AvgIpc) is 2.49. The molecule has 1 aromatic heterocycles. The minimum absolute atomic E-state index is 0.0813. The van der Waals surface area contributed by atoms with Gasteiger partial charge in [0.15, 0.2) is 0 Å². The summed E-state index contributed by atoms with van der Waals surface area (Å²) in [5.41, 5.74) is 1.78. The molecular formula is C9H6INO. The second kappa shape index (κ2) is 2.90. The molecule has 2 rings (SSSR count). The summed E-state index contributed by atoms with van der Waals surface area (Å²) in [6.07, 6.45) is 1.84. The van der Waals surface area contributed by atoms with Gasteiger partial charge in [-0.25, -0.2) is 0 Å². The van der Waals surface area contributed by atoms with Crippen LogP contribution in [0.1, 0.15) is 10.4 Å². The SMILES string of the molecule is O=C(I)c1cccc2[nH]ccc12. The molecule has 0 aliphatic rings. The Morgan fingerprint density at radius 3 is 2.92 bits per heavy atom. The van der Waals surface area contributed by atoms with Crippen molar-refractivity contribution in [1.29, 1.82) is 0 Å². The van der Waals surface area contributed by atoms with Gasteiger partial charge in [-0.1, -0.05) is 6.07 Å². The Labute approximate surface area is 83.1 Å². The number of fused-ring (bicyclic) bond motifs is 1. The first kappa shape index (κ1) is 7.79. The van der Waals surface area contributed by atoms with Crippen molar-refractivity contribution in [2.24, 2.45) is 0 Å². The molecule has 0 atom stereocenters. The monoisotopic (exact) mass is 271 g/mol. The van der Waals surface area contributed by atoms with Crippen molar-refractivity contribution in [1.82, 2.24) is 4.98 Å². The van der Waals surface area contributed by atoms with Gasteiger partial charge in [0.2, 0.25) is 3.79 Å². The van der Waals surface area contributed by atoms with Gasteiger partial charge in [-0.15, -0.1) is 0 Å². The molecule has 3 heteroatoms. The lowest BCUT2D eigenvalue weighted by Gasteiger charge is -1.95. The van der Waals surface area contributed by atoms with E-state index in [0.29, 0.717) is 0 Å². The molecule has 1 heterocycles. The fraction of sp³-hybridized carbons (Fsp3) is 0. The van der Waals surface area contributed by atoms with Crippen LogP contribution in [-0.2, 0) is 0 Å². The lowest BCUT2D eigenvalue weighted by atomic mass is 10.1. The number of benzene rings is 1. The number of aromatic nitrogens is 1. The number of H-pyrrole nitrogens is 1. The van der Waals surface area contributed by atoms with Crippen LogP contribution in [0.4, 0.5) is 0 Å². The largest absolute Gasteiger partial charge is 0.361 e. The highest BCUT2D eigenvalue weighted by molar-refractivity contribution is 14.1. The molecule has 0 aliphatic carbocycles. The number of hydrogen-bond acceptors (Lipinski definition) is 1. The summed E-state index contributed by atoms with van der Waals surface area (Å²) in [6, 6.07) is 7.59. The predicted molar refractivity (Wildman–Crippen MR) is 56.6 cm³/mol. The highest BCUT2D eigenvalue weighted by Gasteiger charge is 2.05. The summed E-state index contributed by atoms with van der Waals surface area (Å²) in [5, 5.41) is 0.997. The van der Waals surface area contributed by atoms with Crippen LogP contribution >= 0.6 is 22.6 Å². The van der Waals surface area contributed by atoms with Crippen LogP contribution in [0.3, 0.4) is 0 Å². The van der Waals surface area contributed by atoms with Gasteiger partial charge in [0.05, 0.1) is 0 Å². The van der Waals surface area contributed by atoms with Gasteiger partial charge in [0.1, 0.15) is 0 Å². The maximum atomic E-state index is 11.1. The number of halogens is 1. The van der Waals surface area contributed by atoms with Crippen molar-refractivity contribution >= 4 is 37.3 Å². The lowest BCUT2D eigenvalue weighted by molar-refractivity contribution is 0.110. The van der Waals surface area contributed by atoms with E-state index in [1.54, 1.807) is 22.6 Å². The van der Waals surface area contributed by atoms with Gasteiger partial charge in [-0.05, 0) is 18.2 Å². The molecule has 1 aromatic carbocycles. The Morgan fingerprint density at radius 2 is 2.17 bits per heavy atom. The molecule has 0 saturated carbocycles. The second-order valence-electron chi connectivity index (χ2n) is 2.52. The minimum atomic E-state index is 0.0813. The van der Waals surface area contributed by atoms with Crippen LogP contribution < -0.4 is 0 Å². The van der Waals surface area contributed by atoms with Crippen molar-refractivity contribution in [2.45, 2.75) is 0 Å². The summed E-state index contributed by atoms with van der Waals surface area (Å²) in [7, 11) is 0. The molecule has 0 spiro atoms. The first-order valence-electron chi connectivity index (χ1n) is 3.55. The molecule has 0 amide bonds. The molecule has 0 fully saturated rings. The van der Waals surface area contributed by atoms with Crippen LogP contribution in [-0.4, -0.2) is 8.77 Å². The van der Waals surface area contributed by atoms with E-state index in [4.69, 9.17) is 0 Å². The molecule has 2 nitrogen and oxygen atoms in total. The van der Waals surface area contributed by atoms with E-state index in [1.165, 1.54) is 0 Å². The van der Waals surface area contributed by atoms with E-state index >= 15 is 0 Å². The van der Waals surface area contributed by atoms with E-state index in [9.17, 15) is 4.79 Å². The van der Waals surface area contributed by atoms with Gasteiger partial charge in [-0.3, -0.25) is 4.79 Å². The molecule has 12 heavy (non-hydrogen) atoms. The first-order chi connectivity index (χ1) is 5.79. The van der Waals surface area contributed by atoms with Crippen LogP contribution in [0.2, 0.25) is 0 Å². The van der Waals surface area contributed by atoms with Crippen molar-refractivity contribution in [2.75, 3.05) is 0 Å². The highest BCUT2D eigenvalue weighted by Crippen LogP contribution is 2.19. The zero-order chi connectivity index (χ0) is 8.55. The van der Waals surface area contributed by atoms with Crippen molar-refractivity contribution in [3.8, 4) is 0 Å². The predicted octanol–water partition coefficient (Wildman–Crippen LogP) is 2.74. The Hall–Kier alpha value is -0.840. The fourth-order valence-corrected chi connectivity index (χ4v) is 1.73. The topological polar surface area (TPSA) is 32.9 Å².